The smallest absolute Gasteiger partial charge is 0.407 e. The molecule has 0 unspecified atom stereocenters. The zero-order chi connectivity index (χ0) is 25.6. The quantitative estimate of drug-likeness (QED) is 0.480. The van der Waals surface area contributed by atoms with E-state index in [4.69, 9.17) is 0 Å². The van der Waals surface area contributed by atoms with Crippen molar-refractivity contribution >= 4 is 39.6 Å². The number of rotatable bonds is 8. The number of alkyl carbamates (subject to hydrolysis) is 1. The molecule has 3 amide bonds. The Morgan fingerprint density at radius 2 is 1.79 bits per heavy atom. The Balaban J connectivity index is 2.17. The Morgan fingerprint density at radius 1 is 1.18 bits per heavy atom. The van der Waals surface area contributed by atoms with Crippen LogP contribution in [0.15, 0.2) is 28.7 Å². The van der Waals surface area contributed by atoms with Crippen molar-refractivity contribution in [2.75, 3.05) is 33.4 Å². The standard InChI is InChI=1S/C21H26BrF3N4O5/c1-12(2)17(27-20(33)34-3)19(32)29-11-28(10-21(23,24)25)9-15(29)18(31)26-8-16(30)13-4-6-14(22)7-5-13/h4-7,12,15,17H,8-11H2,1-3H3,(H,26,31)(H,27,33)/t15-,17-/m0/s1. The maximum Gasteiger partial charge on any atom is 0.407 e. The number of nitrogens with zero attached hydrogens (tertiary/aromatic N) is 2. The molecule has 0 saturated carbocycles. The first kappa shape index (κ1) is 27.6. The first-order chi connectivity index (χ1) is 15.8. The van der Waals surface area contributed by atoms with Crippen molar-refractivity contribution in [2.24, 2.45) is 5.92 Å². The van der Waals surface area contributed by atoms with Crippen LogP contribution in [0.25, 0.3) is 0 Å². The molecule has 1 aliphatic heterocycles. The van der Waals surface area contributed by atoms with E-state index < -0.39 is 67.6 Å². The molecule has 0 spiro atoms. The third-order valence-electron chi connectivity index (χ3n) is 5.13. The molecule has 1 saturated heterocycles. The highest BCUT2D eigenvalue weighted by Crippen LogP contribution is 2.23. The van der Waals surface area contributed by atoms with Gasteiger partial charge >= 0.3 is 12.3 Å². The van der Waals surface area contributed by atoms with Crippen molar-refractivity contribution in [3.63, 3.8) is 0 Å². The second-order valence-corrected chi connectivity index (χ2v) is 9.01. The normalized spacial score (nSPS) is 17.4. The monoisotopic (exact) mass is 550 g/mol. The molecule has 9 nitrogen and oxygen atoms in total. The van der Waals surface area contributed by atoms with Gasteiger partial charge in [-0.3, -0.25) is 19.3 Å². The lowest BCUT2D eigenvalue weighted by molar-refractivity contribution is -0.148. The minimum Gasteiger partial charge on any atom is -0.453 e. The largest absolute Gasteiger partial charge is 0.453 e. The molecule has 188 valence electrons. The van der Waals surface area contributed by atoms with Crippen molar-refractivity contribution < 1.29 is 37.1 Å². The van der Waals surface area contributed by atoms with Crippen LogP contribution in [0.4, 0.5) is 18.0 Å². The van der Waals surface area contributed by atoms with Crippen molar-refractivity contribution in [3.8, 4) is 0 Å². The number of Topliss-reactive ketones (excluding diaryl/α,β-unsaturated/α-hetero) is 1. The second-order valence-electron chi connectivity index (χ2n) is 8.10. The van der Waals surface area contributed by atoms with E-state index in [2.05, 4.69) is 31.3 Å². The van der Waals surface area contributed by atoms with Crippen LogP contribution in [0.2, 0.25) is 0 Å². The highest BCUT2D eigenvalue weighted by Gasteiger charge is 2.44. The summed E-state index contributed by atoms with van der Waals surface area (Å²) in [7, 11) is 1.11. The number of amides is 3. The number of carbonyl (C=O) groups is 4. The third-order valence-corrected chi connectivity index (χ3v) is 5.66. The van der Waals surface area contributed by atoms with Gasteiger partial charge in [0, 0.05) is 16.6 Å². The molecule has 1 aromatic rings. The zero-order valence-electron chi connectivity index (χ0n) is 18.8. The minimum atomic E-state index is -4.54. The molecule has 0 bridgehead atoms. The Bertz CT molecular complexity index is 911. The van der Waals surface area contributed by atoms with E-state index in [-0.39, 0.29) is 6.54 Å². The van der Waals surface area contributed by atoms with Crippen molar-refractivity contribution in [1.82, 2.24) is 20.4 Å². The summed E-state index contributed by atoms with van der Waals surface area (Å²) in [5.74, 6) is -2.35. The molecule has 1 fully saturated rings. The second kappa shape index (κ2) is 11.6. The highest BCUT2D eigenvalue weighted by molar-refractivity contribution is 9.10. The Kier molecular flexibility index (Phi) is 9.45. The van der Waals surface area contributed by atoms with E-state index in [0.717, 1.165) is 21.4 Å². The van der Waals surface area contributed by atoms with Gasteiger partial charge in [0.25, 0.3) is 0 Å². The number of hydrogen-bond acceptors (Lipinski definition) is 6. The van der Waals surface area contributed by atoms with Gasteiger partial charge in [0.15, 0.2) is 5.78 Å². The Labute approximate surface area is 203 Å². The third kappa shape index (κ3) is 7.69. The molecule has 2 N–H and O–H groups in total. The van der Waals surface area contributed by atoms with Crippen LogP contribution in [0.3, 0.4) is 0 Å². The van der Waals surface area contributed by atoms with E-state index in [1.165, 1.54) is 0 Å². The van der Waals surface area contributed by atoms with Gasteiger partial charge in [0.05, 0.1) is 26.9 Å². The highest BCUT2D eigenvalue weighted by atomic mass is 79.9. The number of benzene rings is 1. The van der Waals surface area contributed by atoms with Crippen molar-refractivity contribution in [2.45, 2.75) is 32.1 Å². The van der Waals surface area contributed by atoms with E-state index in [1.54, 1.807) is 38.1 Å². The van der Waals surface area contributed by atoms with E-state index >= 15 is 0 Å². The van der Waals surface area contributed by atoms with Gasteiger partial charge in [-0.2, -0.15) is 13.2 Å². The van der Waals surface area contributed by atoms with E-state index in [0.29, 0.717) is 5.56 Å². The number of carbonyl (C=O) groups excluding carboxylic acids is 4. The number of nitrogens with one attached hydrogen (secondary N) is 2. The number of halogens is 4. The molecule has 1 heterocycles. The molecule has 0 aromatic heterocycles. The number of hydrogen-bond donors (Lipinski definition) is 2. The van der Waals surface area contributed by atoms with Gasteiger partial charge in [-0.1, -0.05) is 41.9 Å². The number of alkyl halides is 3. The molecule has 0 radical (unpaired) electrons. The molecule has 2 atom stereocenters. The summed E-state index contributed by atoms with van der Waals surface area (Å²) in [6, 6.07) is 4.01. The average molecular weight is 551 g/mol. The zero-order valence-corrected chi connectivity index (χ0v) is 20.4. The van der Waals surface area contributed by atoms with Crippen LogP contribution in [0.1, 0.15) is 24.2 Å². The summed E-state index contributed by atoms with van der Waals surface area (Å²) >= 11 is 3.25. The van der Waals surface area contributed by atoms with Crippen LogP contribution in [0.5, 0.6) is 0 Å². The first-order valence-electron chi connectivity index (χ1n) is 10.3. The predicted octanol–water partition coefficient (Wildman–Crippen LogP) is 2.16. The average Bonchev–Trinajstić information content (AvgIpc) is 3.17. The van der Waals surface area contributed by atoms with Crippen LogP contribution in [0, 0.1) is 5.92 Å². The van der Waals surface area contributed by atoms with E-state index in [9.17, 15) is 32.3 Å². The van der Waals surface area contributed by atoms with Gasteiger partial charge in [0.1, 0.15) is 12.1 Å². The lowest BCUT2D eigenvalue weighted by atomic mass is 10.0. The van der Waals surface area contributed by atoms with Crippen molar-refractivity contribution in [1.29, 1.82) is 0 Å². The SMILES string of the molecule is COC(=O)N[C@H](C(=O)N1CN(CC(F)(F)F)C[C@H]1C(=O)NCC(=O)c1ccc(Br)cc1)C(C)C. The van der Waals surface area contributed by atoms with Crippen LogP contribution >= 0.6 is 15.9 Å². The topological polar surface area (TPSA) is 108 Å². The van der Waals surface area contributed by atoms with Gasteiger partial charge < -0.3 is 20.3 Å². The Hall–Kier alpha value is -2.67. The molecule has 2 rings (SSSR count). The van der Waals surface area contributed by atoms with E-state index in [1.807, 2.05) is 0 Å². The maximum absolute atomic E-state index is 13.2. The fraction of sp³-hybridized carbons (Fsp3) is 0.524. The molecular formula is C21H26BrF3N4O5. The summed E-state index contributed by atoms with van der Waals surface area (Å²) < 4.78 is 44.2. The van der Waals surface area contributed by atoms with Gasteiger partial charge in [-0.05, 0) is 18.1 Å². The fourth-order valence-electron chi connectivity index (χ4n) is 3.43. The predicted molar refractivity (Wildman–Crippen MR) is 119 cm³/mol. The summed E-state index contributed by atoms with van der Waals surface area (Å²) in [6.45, 7) is 0.694. The molecule has 13 heteroatoms. The van der Waals surface area contributed by atoms with Crippen LogP contribution in [-0.2, 0) is 14.3 Å². The molecule has 1 aliphatic rings. The van der Waals surface area contributed by atoms with Crippen LogP contribution < -0.4 is 10.6 Å². The number of ketones is 1. The summed E-state index contributed by atoms with van der Waals surface area (Å²) in [6.07, 6.45) is -5.43. The molecule has 34 heavy (non-hydrogen) atoms. The minimum absolute atomic E-state index is 0.337. The first-order valence-corrected chi connectivity index (χ1v) is 11.1. The van der Waals surface area contributed by atoms with Crippen LogP contribution in [-0.4, -0.2) is 85.2 Å². The number of ether oxygens (including phenoxy) is 1. The summed E-state index contributed by atoms with van der Waals surface area (Å²) in [5.41, 5.74) is 0.337. The Morgan fingerprint density at radius 3 is 2.32 bits per heavy atom. The fourth-order valence-corrected chi connectivity index (χ4v) is 3.70. The summed E-state index contributed by atoms with van der Waals surface area (Å²) in [4.78, 5) is 51.9. The number of methoxy groups -OCH3 is 1. The van der Waals surface area contributed by atoms with Gasteiger partial charge in [-0.15, -0.1) is 0 Å². The molecular weight excluding hydrogens is 525 g/mol. The van der Waals surface area contributed by atoms with Gasteiger partial charge in [-0.25, -0.2) is 4.79 Å². The summed E-state index contributed by atoms with van der Waals surface area (Å²) in [5, 5.41) is 4.77. The lowest BCUT2D eigenvalue weighted by Crippen LogP contribution is -2.56. The van der Waals surface area contributed by atoms with Gasteiger partial charge in [0.2, 0.25) is 11.8 Å². The molecule has 1 aromatic carbocycles. The lowest BCUT2D eigenvalue weighted by Gasteiger charge is -2.29. The maximum atomic E-state index is 13.2. The van der Waals surface area contributed by atoms with Crippen molar-refractivity contribution in [3.05, 3.63) is 34.3 Å². The molecule has 0 aliphatic carbocycles.